The maximum atomic E-state index is 13.1. The van der Waals surface area contributed by atoms with Gasteiger partial charge in [0.1, 0.15) is 19.3 Å². The van der Waals surface area contributed by atoms with Crippen molar-refractivity contribution in [3.05, 3.63) is 85.1 Å². The first-order valence-corrected chi connectivity index (χ1v) is 42.8. The van der Waals surface area contributed by atoms with Crippen LogP contribution in [0.5, 0.6) is 0 Å². The number of phosphoric acid groups is 2. The van der Waals surface area contributed by atoms with Gasteiger partial charge in [-0.3, -0.25) is 37.3 Å². The Balaban J connectivity index is 5.38. The second-order valence-corrected chi connectivity index (χ2v) is 29.5. The van der Waals surface area contributed by atoms with Crippen LogP contribution < -0.4 is 0 Å². The van der Waals surface area contributed by atoms with Crippen LogP contribution in [0.15, 0.2) is 85.1 Å². The number of hydrogen-bond acceptors (Lipinski definition) is 15. The molecule has 0 fully saturated rings. The second-order valence-electron chi connectivity index (χ2n) is 26.6. The molecule has 0 amide bonds. The Morgan fingerprint density at radius 1 is 0.290 bits per heavy atom. The first-order chi connectivity index (χ1) is 48.7. The molecule has 17 nitrogen and oxygen atoms in total. The van der Waals surface area contributed by atoms with Crippen LogP contribution in [0.2, 0.25) is 0 Å². The number of allylic oxidation sites excluding steroid dienone is 14. The van der Waals surface area contributed by atoms with Gasteiger partial charge in [0.05, 0.1) is 26.4 Å². The van der Waals surface area contributed by atoms with E-state index in [0.717, 1.165) is 135 Å². The molecule has 0 aliphatic heterocycles. The van der Waals surface area contributed by atoms with E-state index in [4.69, 9.17) is 37.0 Å². The van der Waals surface area contributed by atoms with E-state index in [-0.39, 0.29) is 25.7 Å². The SMILES string of the molecule is CC/C=C\C/C=C\C/C=C\C/C=C\C/C=C\CCCC(=O)OCC(COP(=O)(O)OCC(O)COP(=O)(O)OCC(COC(=O)CCCCCCC/C=C\CCCCCCCC)OC(=O)CCCCCCCCCCCCCCCCC)OC(=O)CCCCCCC/C=C\CCCCCC. The minimum Gasteiger partial charge on any atom is -0.462 e. The molecule has 0 bridgehead atoms. The minimum atomic E-state index is -4.99. The fourth-order valence-corrected chi connectivity index (χ4v) is 12.4. The maximum absolute atomic E-state index is 13.1. The van der Waals surface area contributed by atoms with Gasteiger partial charge in [-0.2, -0.15) is 0 Å². The van der Waals surface area contributed by atoms with Gasteiger partial charge in [0, 0.05) is 25.7 Å². The highest BCUT2D eigenvalue weighted by atomic mass is 31.2. The Morgan fingerprint density at radius 2 is 0.530 bits per heavy atom. The van der Waals surface area contributed by atoms with Crippen LogP contribution in [-0.4, -0.2) is 96.7 Å². The van der Waals surface area contributed by atoms with Crippen molar-refractivity contribution in [2.45, 2.75) is 367 Å². The third kappa shape index (κ3) is 72.6. The average molecular weight is 1450 g/mol. The van der Waals surface area contributed by atoms with Crippen LogP contribution in [0.1, 0.15) is 349 Å². The largest absolute Gasteiger partial charge is 0.472 e. The molecule has 0 aromatic rings. The van der Waals surface area contributed by atoms with Crippen molar-refractivity contribution in [1.29, 1.82) is 0 Å². The lowest BCUT2D eigenvalue weighted by Gasteiger charge is -2.21. The van der Waals surface area contributed by atoms with Crippen molar-refractivity contribution in [1.82, 2.24) is 0 Å². The summed E-state index contributed by atoms with van der Waals surface area (Å²) in [6.07, 6.45) is 75.7. The molecular weight excluding hydrogens is 1310 g/mol. The number of unbranched alkanes of at least 4 members (excludes halogenated alkanes) is 35. The summed E-state index contributed by atoms with van der Waals surface area (Å²) >= 11 is 0. The van der Waals surface area contributed by atoms with Crippen LogP contribution in [0.4, 0.5) is 0 Å². The van der Waals surface area contributed by atoms with E-state index in [1.807, 2.05) is 12.2 Å². The standard InChI is InChI=1S/C81H144O17P2/c1-5-9-13-17-21-25-29-33-36-37-40-43-46-50-54-58-62-66-79(84)92-71-76(97-80(85)67-63-59-55-51-47-41-32-28-24-20-16-12-8-4)73-95-99(87,88)93-69-75(82)70-94-100(89,90)96-74-77(98-81(86)68-64-60-56-52-48-44-39-35-31-27-23-19-15-11-7-3)72-91-78(83)65-61-57-53-49-45-42-38-34-30-26-22-18-14-10-6-2/h9,13,21,25,28,32-34,36,38,40,43,50,54,75-77,82H,5-8,10-12,14-20,22-24,26-27,29-31,35,37,39,41-42,44-49,51-53,55-74H2,1-4H3,(H,87,88)(H,89,90)/b13-9-,25-21-,32-28-,36-33-,38-34-,43-40-,54-50-. The molecule has 0 saturated carbocycles. The van der Waals surface area contributed by atoms with Gasteiger partial charge >= 0.3 is 39.5 Å². The molecule has 0 aromatic carbocycles. The molecule has 5 atom stereocenters. The predicted molar refractivity (Wildman–Crippen MR) is 409 cm³/mol. The zero-order chi connectivity index (χ0) is 73.2. The van der Waals surface area contributed by atoms with Crippen LogP contribution >= 0.6 is 15.6 Å². The van der Waals surface area contributed by atoms with Crippen molar-refractivity contribution in [3.63, 3.8) is 0 Å². The number of esters is 4. The molecule has 3 N–H and O–H groups in total. The van der Waals surface area contributed by atoms with Crippen molar-refractivity contribution in [3.8, 4) is 0 Å². The van der Waals surface area contributed by atoms with E-state index in [1.165, 1.54) is 128 Å². The number of aliphatic hydroxyl groups is 1. The smallest absolute Gasteiger partial charge is 0.462 e. The molecule has 19 heteroatoms. The summed E-state index contributed by atoms with van der Waals surface area (Å²) in [6, 6.07) is 0. The molecule has 0 aliphatic carbocycles. The Morgan fingerprint density at radius 3 is 0.860 bits per heavy atom. The Bertz CT molecular complexity index is 2230. The Labute approximate surface area is 608 Å². The summed E-state index contributed by atoms with van der Waals surface area (Å²) in [5.74, 6) is -2.24. The summed E-state index contributed by atoms with van der Waals surface area (Å²) < 4.78 is 68.5. The topological polar surface area (TPSA) is 237 Å². The molecule has 0 aromatic heterocycles. The van der Waals surface area contributed by atoms with Gasteiger partial charge in [-0.15, -0.1) is 0 Å². The molecule has 0 rings (SSSR count). The number of hydrogen-bond donors (Lipinski definition) is 3. The van der Waals surface area contributed by atoms with Gasteiger partial charge in [0.15, 0.2) is 12.2 Å². The molecule has 5 unspecified atom stereocenters. The zero-order valence-corrected chi connectivity index (χ0v) is 65.2. The quantitative estimate of drug-likeness (QED) is 0.0169. The van der Waals surface area contributed by atoms with E-state index in [9.17, 15) is 43.2 Å². The van der Waals surface area contributed by atoms with Gasteiger partial charge in [-0.1, -0.05) is 293 Å². The van der Waals surface area contributed by atoms with Gasteiger partial charge in [0.2, 0.25) is 0 Å². The molecule has 100 heavy (non-hydrogen) atoms. The van der Waals surface area contributed by atoms with Gasteiger partial charge in [-0.05, 0) is 116 Å². The molecule has 0 spiro atoms. The molecule has 0 heterocycles. The highest BCUT2D eigenvalue weighted by Crippen LogP contribution is 2.45. The number of ether oxygens (including phenoxy) is 4. The van der Waals surface area contributed by atoms with Gasteiger partial charge < -0.3 is 33.8 Å². The Kier molecular flexibility index (Phi) is 70.8. The average Bonchev–Trinajstić information content (AvgIpc) is 0.965. The minimum absolute atomic E-state index is 0.0738. The third-order valence-corrected chi connectivity index (χ3v) is 18.7. The lowest BCUT2D eigenvalue weighted by Crippen LogP contribution is -2.30. The first kappa shape index (κ1) is 96.2. The van der Waals surface area contributed by atoms with Crippen molar-refractivity contribution in [2.75, 3.05) is 39.6 Å². The van der Waals surface area contributed by atoms with Crippen LogP contribution in [0.25, 0.3) is 0 Å². The van der Waals surface area contributed by atoms with E-state index in [0.29, 0.717) is 32.1 Å². The molecule has 0 radical (unpaired) electrons. The lowest BCUT2D eigenvalue weighted by molar-refractivity contribution is -0.161. The highest BCUT2D eigenvalue weighted by molar-refractivity contribution is 7.47. The van der Waals surface area contributed by atoms with Crippen molar-refractivity contribution >= 4 is 39.5 Å². The first-order valence-electron chi connectivity index (χ1n) is 39.8. The summed E-state index contributed by atoms with van der Waals surface area (Å²) in [4.78, 5) is 72.9. The van der Waals surface area contributed by atoms with Crippen LogP contribution in [0.3, 0.4) is 0 Å². The van der Waals surface area contributed by atoms with E-state index in [1.54, 1.807) is 0 Å². The molecule has 0 saturated heterocycles. The molecule has 580 valence electrons. The predicted octanol–water partition coefficient (Wildman–Crippen LogP) is 23.0. The number of carbonyl (C=O) groups is 4. The van der Waals surface area contributed by atoms with E-state index in [2.05, 4.69) is 101 Å². The lowest BCUT2D eigenvalue weighted by atomic mass is 10.0. The van der Waals surface area contributed by atoms with Gasteiger partial charge in [-0.25, -0.2) is 9.13 Å². The number of carbonyl (C=O) groups excluding carboxylic acids is 4. The van der Waals surface area contributed by atoms with E-state index >= 15 is 0 Å². The van der Waals surface area contributed by atoms with Crippen molar-refractivity contribution < 1.29 is 80.2 Å². The van der Waals surface area contributed by atoms with Crippen LogP contribution in [0, 0.1) is 0 Å². The fraction of sp³-hybridized carbons (Fsp3) is 0.778. The number of rotatable bonds is 75. The van der Waals surface area contributed by atoms with Crippen molar-refractivity contribution in [2.24, 2.45) is 0 Å². The molecular formula is C81H144O17P2. The van der Waals surface area contributed by atoms with E-state index < -0.39 is 97.5 Å². The Hall–Kier alpha value is -3.76. The van der Waals surface area contributed by atoms with Crippen LogP contribution in [-0.2, 0) is 65.4 Å². The fourth-order valence-electron chi connectivity index (χ4n) is 10.8. The summed E-state index contributed by atoms with van der Waals surface area (Å²) in [5.41, 5.74) is 0. The normalized spacial score (nSPS) is 14.3. The third-order valence-electron chi connectivity index (χ3n) is 16.8. The zero-order valence-electron chi connectivity index (χ0n) is 63.4. The second kappa shape index (κ2) is 73.5. The number of phosphoric ester groups is 2. The molecule has 0 aliphatic rings. The number of aliphatic hydroxyl groups excluding tert-OH is 1. The maximum Gasteiger partial charge on any atom is 0.472 e. The summed E-state index contributed by atoms with van der Waals surface area (Å²) in [7, 11) is -9.96. The van der Waals surface area contributed by atoms with Gasteiger partial charge in [0.25, 0.3) is 0 Å². The summed E-state index contributed by atoms with van der Waals surface area (Å²) in [5, 5.41) is 10.6. The highest BCUT2D eigenvalue weighted by Gasteiger charge is 2.30. The summed E-state index contributed by atoms with van der Waals surface area (Å²) in [6.45, 7) is 4.71. The monoisotopic (exact) mass is 1450 g/mol.